The minimum atomic E-state index is -0.657. The smallest absolute Gasteiger partial charge is 0.260 e. The molecule has 1 atom stereocenters. The summed E-state index contributed by atoms with van der Waals surface area (Å²) in [5.41, 5.74) is 0.999. The van der Waals surface area contributed by atoms with E-state index < -0.39 is 17.5 Å². The normalized spacial score (nSPS) is 14.7. The third-order valence-electron chi connectivity index (χ3n) is 6.64. The summed E-state index contributed by atoms with van der Waals surface area (Å²) in [5.74, 6) is -1.33. The molecule has 2 aromatic carbocycles. The van der Waals surface area contributed by atoms with Crippen LogP contribution < -0.4 is 15.6 Å². The van der Waals surface area contributed by atoms with E-state index in [1.807, 2.05) is 17.5 Å². The number of thiophene rings is 1. The van der Waals surface area contributed by atoms with Crippen LogP contribution in [0.1, 0.15) is 27.6 Å². The van der Waals surface area contributed by atoms with E-state index >= 15 is 4.39 Å². The molecule has 1 aliphatic rings. The average Bonchev–Trinajstić information content (AvgIpc) is 3.55. The first-order chi connectivity index (χ1) is 17.9. The molecule has 0 saturated carbocycles. The van der Waals surface area contributed by atoms with Gasteiger partial charge in [-0.2, -0.15) is 0 Å². The summed E-state index contributed by atoms with van der Waals surface area (Å²) in [6, 6.07) is 12.2. The minimum absolute atomic E-state index is 0.0204. The molecule has 0 bridgehead atoms. The number of hydrogen-bond acceptors (Lipinski definition) is 5. The van der Waals surface area contributed by atoms with Crippen LogP contribution >= 0.6 is 23.1 Å². The van der Waals surface area contributed by atoms with Gasteiger partial charge < -0.3 is 10.1 Å². The molecule has 5 rings (SSSR count). The molecular weight excluding hydrogens is 517 g/mol. The molecule has 0 aliphatic carbocycles. The van der Waals surface area contributed by atoms with Crippen molar-refractivity contribution in [1.29, 1.82) is 0 Å². The van der Waals surface area contributed by atoms with Crippen LogP contribution in [0.5, 0.6) is 5.75 Å². The van der Waals surface area contributed by atoms with E-state index in [1.54, 1.807) is 28.9 Å². The molecular formula is C28H25F3N2O2S2. The molecule has 1 aliphatic heterocycles. The maximum Gasteiger partial charge on any atom is 0.260 e. The molecule has 1 N–H and O–H groups in total. The van der Waals surface area contributed by atoms with Crippen LogP contribution in [0.3, 0.4) is 0 Å². The molecule has 3 heterocycles. The number of rotatable bonds is 8. The summed E-state index contributed by atoms with van der Waals surface area (Å²) >= 11 is 3.13. The number of methoxy groups -OCH3 is 1. The van der Waals surface area contributed by atoms with Crippen LogP contribution in [0.4, 0.5) is 13.2 Å². The molecule has 4 nitrogen and oxygen atoms in total. The monoisotopic (exact) mass is 542 g/mol. The Labute approximate surface area is 221 Å². The van der Waals surface area contributed by atoms with Crippen molar-refractivity contribution in [1.82, 2.24) is 9.88 Å². The highest BCUT2D eigenvalue weighted by Gasteiger charge is 2.32. The maximum absolute atomic E-state index is 15.4. The Morgan fingerprint density at radius 1 is 1.05 bits per heavy atom. The highest BCUT2D eigenvalue weighted by molar-refractivity contribution is 7.99. The van der Waals surface area contributed by atoms with Crippen molar-refractivity contribution in [3.05, 3.63) is 103 Å². The van der Waals surface area contributed by atoms with E-state index in [2.05, 4.69) is 5.32 Å². The second-order valence-electron chi connectivity index (χ2n) is 8.83. The molecule has 0 spiro atoms. The van der Waals surface area contributed by atoms with Crippen LogP contribution in [0.25, 0.3) is 11.1 Å². The number of hydrogen-bond donors (Lipinski definition) is 1. The molecule has 0 fully saturated rings. The first-order valence-corrected chi connectivity index (χ1v) is 13.7. The van der Waals surface area contributed by atoms with Crippen molar-refractivity contribution in [3.8, 4) is 16.9 Å². The van der Waals surface area contributed by atoms with Crippen LogP contribution in [0, 0.1) is 24.4 Å². The lowest BCUT2D eigenvalue weighted by molar-refractivity contribution is 0.387. The summed E-state index contributed by atoms with van der Waals surface area (Å²) in [6.45, 7) is 2.90. The van der Waals surface area contributed by atoms with E-state index in [0.29, 0.717) is 35.0 Å². The van der Waals surface area contributed by atoms with E-state index in [-0.39, 0.29) is 40.5 Å². The van der Waals surface area contributed by atoms with Gasteiger partial charge in [0.1, 0.15) is 11.6 Å². The number of thioether (sulfide) groups is 1. The predicted octanol–water partition coefficient (Wildman–Crippen LogP) is 6.34. The molecule has 0 radical (unpaired) electrons. The zero-order chi connectivity index (χ0) is 26.1. The standard InChI is InChI=1S/C28H25F3N2O2S2/c1-16-20(12-21-22(29)8-4-9-23(21)30)28-33(17(15-37-28)13-32-14-18-6-5-11-36-18)27(34)25(16)19-7-3-10-24(35-2)26(19)31/h3-11,17,32H,12-15H2,1-2H3. The Kier molecular flexibility index (Phi) is 7.46. The highest BCUT2D eigenvalue weighted by Crippen LogP contribution is 2.40. The zero-order valence-corrected chi connectivity index (χ0v) is 21.9. The maximum atomic E-state index is 15.4. The van der Waals surface area contributed by atoms with Gasteiger partial charge in [0.25, 0.3) is 5.56 Å². The fourth-order valence-corrected chi connectivity index (χ4v) is 6.82. The molecule has 0 saturated heterocycles. The third kappa shape index (κ3) is 4.83. The summed E-state index contributed by atoms with van der Waals surface area (Å²) in [6.07, 6.45) is -0.0547. The number of pyridine rings is 1. The fourth-order valence-electron chi connectivity index (χ4n) is 4.76. The molecule has 4 aromatic rings. The van der Waals surface area contributed by atoms with Crippen LogP contribution in [-0.4, -0.2) is 24.0 Å². The molecule has 2 aromatic heterocycles. The lowest BCUT2D eigenvalue weighted by Gasteiger charge is -2.21. The SMILES string of the molecule is COc1cccc(-c2c(C)c(Cc3c(F)cccc3F)c3n(c2=O)C(CNCc2cccs2)CS3)c1F. The Morgan fingerprint density at radius 3 is 2.51 bits per heavy atom. The van der Waals surface area contributed by atoms with Crippen molar-refractivity contribution in [2.45, 2.75) is 31.0 Å². The van der Waals surface area contributed by atoms with E-state index in [9.17, 15) is 13.6 Å². The second kappa shape index (κ2) is 10.8. The highest BCUT2D eigenvalue weighted by atomic mass is 32.2. The van der Waals surface area contributed by atoms with Gasteiger partial charge in [0, 0.05) is 41.3 Å². The number of nitrogens with one attached hydrogen (secondary N) is 1. The predicted molar refractivity (Wildman–Crippen MR) is 142 cm³/mol. The van der Waals surface area contributed by atoms with Gasteiger partial charge in [-0.05, 0) is 47.7 Å². The van der Waals surface area contributed by atoms with Gasteiger partial charge in [-0.3, -0.25) is 9.36 Å². The summed E-state index contributed by atoms with van der Waals surface area (Å²) < 4.78 is 51.5. The first-order valence-electron chi connectivity index (χ1n) is 11.8. The van der Waals surface area contributed by atoms with Gasteiger partial charge in [0.2, 0.25) is 0 Å². The summed E-state index contributed by atoms with van der Waals surface area (Å²) in [7, 11) is 1.36. The topological polar surface area (TPSA) is 43.3 Å². The van der Waals surface area contributed by atoms with E-state index in [0.717, 1.165) is 0 Å². The fraction of sp³-hybridized carbons (Fsp3) is 0.250. The summed E-state index contributed by atoms with van der Waals surface area (Å²) in [4.78, 5) is 15.1. The second-order valence-corrected chi connectivity index (χ2v) is 10.9. The zero-order valence-electron chi connectivity index (χ0n) is 20.3. The van der Waals surface area contributed by atoms with Crippen LogP contribution in [-0.2, 0) is 13.0 Å². The van der Waals surface area contributed by atoms with Gasteiger partial charge in [-0.1, -0.05) is 24.3 Å². The van der Waals surface area contributed by atoms with Crippen LogP contribution in [0.15, 0.2) is 63.7 Å². The van der Waals surface area contributed by atoms with Gasteiger partial charge in [0.15, 0.2) is 11.6 Å². The van der Waals surface area contributed by atoms with E-state index in [4.69, 9.17) is 4.74 Å². The quantitative estimate of drug-likeness (QED) is 0.282. The summed E-state index contributed by atoms with van der Waals surface area (Å²) in [5, 5.41) is 6.09. The number of benzene rings is 2. The Balaban J connectivity index is 1.64. The van der Waals surface area contributed by atoms with Crippen LogP contribution in [0.2, 0.25) is 0 Å². The van der Waals surface area contributed by atoms with Crippen molar-refractivity contribution in [2.75, 3.05) is 19.4 Å². The Bertz CT molecular complexity index is 1480. The van der Waals surface area contributed by atoms with E-state index in [1.165, 1.54) is 54.1 Å². The number of ether oxygens (including phenoxy) is 1. The number of aromatic nitrogens is 1. The largest absolute Gasteiger partial charge is 0.494 e. The molecule has 1 unspecified atom stereocenters. The van der Waals surface area contributed by atoms with Crippen molar-refractivity contribution < 1.29 is 17.9 Å². The Hall–Kier alpha value is -3.01. The first kappa shape index (κ1) is 25.6. The molecule has 0 amide bonds. The lowest BCUT2D eigenvalue weighted by atomic mass is 9.94. The van der Waals surface area contributed by atoms with Gasteiger partial charge in [0.05, 0.1) is 23.7 Å². The third-order valence-corrected chi connectivity index (χ3v) is 8.79. The molecule has 37 heavy (non-hydrogen) atoms. The Morgan fingerprint density at radius 2 is 1.81 bits per heavy atom. The minimum Gasteiger partial charge on any atom is -0.494 e. The van der Waals surface area contributed by atoms with Crippen molar-refractivity contribution in [2.24, 2.45) is 0 Å². The molecule has 9 heteroatoms. The average molecular weight is 543 g/mol. The van der Waals surface area contributed by atoms with Gasteiger partial charge >= 0.3 is 0 Å². The van der Waals surface area contributed by atoms with Crippen molar-refractivity contribution in [3.63, 3.8) is 0 Å². The lowest BCUT2D eigenvalue weighted by Crippen LogP contribution is -2.33. The number of fused-ring (bicyclic) bond motifs is 1. The number of halogens is 3. The van der Waals surface area contributed by atoms with Gasteiger partial charge in [-0.25, -0.2) is 13.2 Å². The van der Waals surface area contributed by atoms with Crippen molar-refractivity contribution >= 4 is 23.1 Å². The van der Waals surface area contributed by atoms with Gasteiger partial charge in [-0.15, -0.1) is 23.1 Å². The molecule has 192 valence electrons. The number of nitrogens with zero attached hydrogens (tertiary/aromatic N) is 1.